The van der Waals surface area contributed by atoms with Gasteiger partial charge < -0.3 is 4.55 Å². The highest BCUT2D eigenvalue weighted by Gasteiger charge is 2.21. The molecule has 0 saturated heterocycles. The molecular weight excluding hydrogens is 338 g/mol. The molecule has 1 unspecified atom stereocenters. The second kappa shape index (κ2) is 6.78. The summed E-state index contributed by atoms with van der Waals surface area (Å²) in [6, 6.07) is 9.74. The Balaban J connectivity index is 1.83. The number of nitrogens with zero attached hydrogens (tertiary/aromatic N) is 2. The van der Waals surface area contributed by atoms with Crippen LogP contribution in [0.2, 0.25) is 0 Å². The number of para-hydroxylation sites is 2. The molecule has 0 fully saturated rings. The molecule has 3 rings (SSSR count). The standard InChI is InChI=1S/C18H21N3OS2/c1-12-15(19-10-9-16(12)23-18(2,3)4)11-24(22)17-20-13-7-5-6-8-14(13)21-17/h5-10H,11H2,1-4H3,(H,20,21). The second-order valence-corrected chi connectivity index (χ2v) is 9.88. The maximum absolute atomic E-state index is 12.7. The fraction of sp³-hybridized carbons (Fsp3) is 0.333. The smallest absolute Gasteiger partial charge is 0.322 e. The quantitative estimate of drug-likeness (QED) is 0.551. The molecule has 0 aliphatic heterocycles. The molecule has 0 aliphatic rings. The van der Waals surface area contributed by atoms with Crippen molar-refractivity contribution in [1.82, 2.24) is 15.0 Å². The normalized spacial score (nSPS) is 13.4. The van der Waals surface area contributed by atoms with Crippen LogP contribution in [0.3, 0.4) is 0 Å². The summed E-state index contributed by atoms with van der Waals surface area (Å²) in [6.07, 6.45) is 1.80. The van der Waals surface area contributed by atoms with E-state index in [0.717, 1.165) is 22.3 Å². The number of hydrogen-bond acceptors (Lipinski definition) is 4. The largest absolute Gasteiger partial charge is 0.609 e. The van der Waals surface area contributed by atoms with Crippen LogP contribution in [0.15, 0.2) is 46.6 Å². The number of H-pyrrole nitrogens is 1. The van der Waals surface area contributed by atoms with E-state index in [4.69, 9.17) is 0 Å². The van der Waals surface area contributed by atoms with Crippen LogP contribution in [0.5, 0.6) is 0 Å². The average Bonchev–Trinajstić information content (AvgIpc) is 2.94. The van der Waals surface area contributed by atoms with Crippen molar-refractivity contribution in [3.05, 3.63) is 47.8 Å². The highest BCUT2D eigenvalue weighted by atomic mass is 32.2. The van der Waals surface area contributed by atoms with Gasteiger partial charge in [-0.1, -0.05) is 32.9 Å². The summed E-state index contributed by atoms with van der Waals surface area (Å²) in [5.74, 6) is 0.365. The Labute approximate surface area is 149 Å². The number of fused-ring (bicyclic) bond motifs is 1. The van der Waals surface area contributed by atoms with Gasteiger partial charge in [-0.05, 0) is 30.7 Å². The lowest BCUT2D eigenvalue weighted by Gasteiger charge is -2.20. The molecule has 24 heavy (non-hydrogen) atoms. The number of rotatable bonds is 4. The van der Waals surface area contributed by atoms with Crippen molar-refractivity contribution in [2.75, 3.05) is 0 Å². The van der Waals surface area contributed by atoms with Crippen LogP contribution in [-0.2, 0) is 16.9 Å². The number of nitrogens with one attached hydrogen (secondary N) is 1. The van der Waals surface area contributed by atoms with Gasteiger partial charge in [-0.25, -0.2) is 0 Å². The molecule has 0 saturated carbocycles. The van der Waals surface area contributed by atoms with E-state index in [-0.39, 0.29) is 4.75 Å². The fourth-order valence-electron chi connectivity index (χ4n) is 2.37. The number of hydrogen-bond donors (Lipinski definition) is 1. The number of imidazole rings is 1. The van der Waals surface area contributed by atoms with Gasteiger partial charge in [0, 0.05) is 27.0 Å². The topological polar surface area (TPSA) is 64.6 Å². The van der Waals surface area contributed by atoms with E-state index in [0.29, 0.717) is 10.9 Å². The Morgan fingerprint density at radius 3 is 2.67 bits per heavy atom. The zero-order valence-corrected chi connectivity index (χ0v) is 15.9. The molecule has 2 aromatic heterocycles. The Kier molecular flexibility index (Phi) is 4.90. The van der Waals surface area contributed by atoms with Crippen molar-refractivity contribution in [2.45, 2.75) is 48.2 Å². The van der Waals surface area contributed by atoms with Gasteiger partial charge in [0.2, 0.25) is 0 Å². The van der Waals surface area contributed by atoms with Gasteiger partial charge in [0.1, 0.15) is 0 Å². The van der Waals surface area contributed by atoms with Crippen molar-refractivity contribution in [1.29, 1.82) is 0 Å². The lowest BCUT2D eigenvalue weighted by molar-refractivity contribution is 0.586. The van der Waals surface area contributed by atoms with E-state index in [1.807, 2.05) is 37.3 Å². The predicted octanol–water partition coefficient (Wildman–Crippen LogP) is 4.46. The first-order valence-corrected chi connectivity index (χ1v) is 9.94. The van der Waals surface area contributed by atoms with Crippen LogP contribution in [0.25, 0.3) is 11.0 Å². The number of pyridine rings is 1. The number of benzene rings is 1. The minimum absolute atomic E-state index is 0.126. The molecule has 3 aromatic rings. The third-order valence-corrected chi connectivity index (χ3v) is 5.96. The molecule has 1 aromatic carbocycles. The molecule has 0 spiro atoms. The molecular formula is C18H21N3OS2. The van der Waals surface area contributed by atoms with Gasteiger partial charge in [0.15, 0.2) is 5.75 Å². The molecule has 2 heterocycles. The van der Waals surface area contributed by atoms with E-state index in [9.17, 15) is 4.55 Å². The monoisotopic (exact) mass is 359 g/mol. The summed E-state index contributed by atoms with van der Waals surface area (Å²) in [4.78, 5) is 13.2. The van der Waals surface area contributed by atoms with Crippen molar-refractivity contribution < 1.29 is 4.55 Å². The first kappa shape index (κ1) is 17.3. The Morgan fingerprint density at radius 2 is 1.96 bits per heavy atom. The lowest BCUT2D eigenvalue weighted by Crippen LogP contribution is -2.11. The van der Waals surface area contributed by atoms with E-state index in [1.54, 1.807) is 18.0 Å². The highest BCUT2D eigenvalue weighted by molar-refractivity contribution is 8.00. The fourth-order valence-corrected chi connectivity index (χ4v) is 4.53. The Morgan fingerprint density at radius 1 is 1.21 bits per heavy atom. The third-order valence-electron chi connectivity index (χ3n) is 3.53. The van der Waals surface area contributed by atoms with Gasteiger partial charge >= 0.3 is 5.16 Å². The van der Waals surface area contributed by atoms with Gasteiger partial charge in [-0.3, -0.25) is 9.97 Å². The van der Waals surface area contributed by atoms with Crippen LogP contribution in [0.4, 0.5) is 0 Å². The SMILES string of the molecule is Cc1c(SC(C)(C)C)ccnc1C[S+]([O-])c1nc2ccccc2[nH]1. The van der Waals surface area contributed by atoms with E-state index >= 15 is 0 Å². The van der Waals surface area contributed by atoms with Crippen LogP contribution in [0, 0.1) is 6.92 Å². The minimum Gasteiger partial charge on any atom is -0.609 e. The molecule has 1 N–H and O–H groups in total. The van der Waals surface area contributed by atoms with Crippen molar-refractivity contribution in [3.8, 4) is 0 Å². The van der Waals surface area contributed by atoms with Crippen LogP contribution in [0.1, 0.15) is 32.0 Å². The summed E-state index contributed by atoms with van der Waals surface area (Å²) < 4.78 is 12.8. The molecule has 0 radical (unpaired) electrons. The molecule has 0 aliphatic carbocycles. The number of aromatic nitrogens is 3. The molecule has 1 atom stereocenters. The maximum Gasteiger partial charge on any atom is 0.322 e. The summed E-state index contributed by atoms with van der Waals surface area (Å²) >= 11 is 0.559. The zero-order chi connectivity index (χ0) is 17.3. The molecule has 0 bridgehead atoms. The van der Waals surface area contributed by atoms with E-state index in [2.05, 4.69) is 35.7 Å². The average molecular weight is 360 g/mol. The van der Waals surface area contributed by atoms with Gasteiger partial charge in [0.05, 0.1) is 16.7 Å². The molecule has 126 valence electrons. The summed E-state index contributed by atoms with van der Waals surface area (Å²) in [6.45, 7) is 8.60. The van der Waals surface area contributed by atoms with Crippen LogP contribution >= 0.6 is 11.8 Å². The Hall–Kier alpha value is -1.50. The maximum atomic E-state index is 12.7. The predicted molar refractivity (Wildman–Crippen MR) is 101 cm³/mol. The van der Waals surface area contributed by atoms with Crippen molar-refractivity contribution in [3.63, 3.8) is 0 Å². The first-order valence-electron chi connectivity index (χ1n) is 7.80. The van der Waals surface area contributed by atoms with Crippen LogP contribution in [-0.4, -0.2) is 24.3 Å². The van der Waals surface area contributed by atoms with Crippen LogP contribution < -0.4 is 0 Å². The van der Waals surface area contributed by atoms with Gasteiger partial charge in [0.25, 0.3) is 0 Å². The van der Waals surface area contributed by atoms with E-state index in [1.165, 1.54) is 4.90 Å². The summed E-state index contributed by atoms with van der Waals surface area (Å²) in [5, 5.41) is 0.506. The molecule has 0 amide bonds. The summed E-state index contributed by atoms with van der Waals surface area (Å²) in [7, 11) is 0. The second-order valence-electron chi connectivity index (χ2n) is 6.64. The summed E-state index contributed by atoms with van der Waals surface area (Å²) in [5.41, 5.74) is 3.70. The number of thioether (sulfide) groups is 1. The van der Waals surface area contributed by atoms with E-state index < -0.39 is 11.2 Å². The van der Waals surface area contributed by atoms with Crippen molar-refractivity contribution >= 4 is 34.0 Å². The third kappa shape index (κ3) is 3.94. The Bertz CT molecular complexity index is 822. The lowest BCUT2D eigenvalue weighted by atomic mass is 10.2. The molecule has 4 nitrogen and oxygen atoms in total. The van der Waals surface area contributed by atoms with Gasteiger partial charge in [-0.15, -0.1) is 11.8 Å². The van der Waals surface area contributed by atoms with Gasteiger partial charge in [-0.2, -0.15) is 4.98 Å². The number of aromatic amines is 1. The first-order chi connectivity index (χ1) is 11.3. The highest BCUT2D eigenvalue weighted by Crippen LogP contribution is 2.34. The molecule has 6 heteroatoms. The van der Waals surface area contributed by atoms with Crippen molar-refractivity contribution in [2.24, 2.45) is 0 Å². The minimum atomic E-state index is -1.25. The zero-order valence-electron chi connectivity index (χ0n) is 14.3.